The van der Waals surface area contributed by atoms with Crippen LogP contribution in [0.25, 0.3) is 0 Å². The summed E-state index contributed by atoms with van der Waals surface area (Å²) >= 11 is 0. The molecule has 0 saturated heterocycles. The molecule has 3 amide bonds. The first kappa shape index (κ1) is 19.9. The largest absolute Gasteiger partial charge is 0.370 e. The molecule has 1 aromatic heterocycles. The highest BCUT2D eigenvalue weighted by molar-refractivity contribution is 5.86. The van der Waals surface area contributed by atoms with Crippen LogP contribution >= 0.6 is 0 Å². The lowest BCUT2D eigenvalue weighted by atomic mass is 9.82. The molecule has 0 aromatic carbocycles. The van der Waals surface area contributed by atoms with Crippen molar-refractivity contribution in [2.45, 2.75) is 57.5 Å². The number of hydrogen-bond donors (Lipinski definition) is 2. The first-order valence-electron chi connectivity index (χ1n) is 9.20. The van der Waals surface area contributed by atoms with Gasteiger partial charge in [0.25, 0.3) is 0 Å². The highest BCUT2D eigenvalue weighted by Gasteiger charge is 2.28. The topological polar surface area (TPSA) is 110 Å². The van der Waals surface area contributed by atoms with Crippen molar-refractivity contribution in [2.75, 3.05) is 13.6 Å². The van der Waals surface area contributed by atoms with Crippen molar-refractivity contribution >= 4 is 17.7 Å². The Morgan fingerprint density at radius 3 is 2.58 bits per heavy atom. The summed E-state index contributed by atoms with van der Waals surface area (Å²) in [4.78, 5) is 37.6. The molecule has 2 rings (SSSR count). The summed E-state index contributed by atoms with van der Waals surface area (Å²) in [7, 11) is 1.59. The van der Waals surface area contributed by atoms with E-state index in [0.717, 1.165) is 25.7 Å². The van der Waals surface area contributed by atoms with Crippen LogP contribution in [0.1, 0.15) is 51.5 Å². The smallest absolute Gasteiger partial charge is 0.247 e. The van der Waals surface area contributed by atoms with Gasteiger partial charge >= 0.3 is 0 Å². The lowest BCUT2D eigenvalue weighted by molar-refractivity contribution is -0.137. The van der Waals surface area contributed by atoms with E-state index >= 15 is 0 Å². The highest BCUT2D eigenvalue weighted by Crippen LogP contribution is 2.27. The average molecular weight is 363 g/mol. The van der Waals surface area contributed by atoms with Gasteiger partial charge in [0.2, 0.25) is 17.7 Å². The Morgan fingerprint density at radius 1 is 1.31 bits per heavy atom. The Hall–Kier alpha value is -2.38. The number of aromatic nitrogens is 2. The quantitative estimate of drug-likeness (QED) is 0.713. The minimum absolute atomic E-state index is 0.0631. The molecule has 0 bridgehead atoms. The predicted octanol–water partition coefficient (Wildman–Crippen LogP) is 0.843. The second-order valence-corrected chi connectivity index (χ2v) is 7.10. The van der Waals surface area contributed by atoms with E-state index in [9.17, 15) is 14.4 Å². The van der Waals surface area contributed by atoms with Crippen LogP contribution in [0, 0.1) is 5.92 Å². The Bertz CT molecular complexity index is 610. The first-order chi connectivity index (χ1) is 12.4. The van der Waals surface area contributed by atoms with Gasteiger partial charge in [-0.3, -0.25) is 19.1 Å². The van der Waals surface area contributed by atoms with E-state index in [4.69, 9.17) is 5.73 Å². The van der Waals surface area contributed by atoms with Crippen LogP contribution in [0.4, 0.5) is 0 Å². The minimum atomic E-state index is -0.484. The summed E-state index contributed by atoms with van der Waals surface area (Å²) < 4.78 is 1.55. The zero-order chi connectivity index (χ0) is 19.1. The van der Waals surface area contributed by atoms with Gasteiger partial charge in [0.15, 0.2) is 0 Å². The van der Waals surface area contributed by atoms with Crippen molar-refractivity contribution < 1.29 is 14.4 Å². The summed E-state index contributed by atoms with van der Waals surface area (Å²) in [6.07, 6.45) is 8.84. The zero-order valence-corrected chi connectivity index (χ0v) is 15.6. The SMILES string of the molecule is CC(C(=O)N(C)CC(=O)NC(CC(N)=O)C1CCCCC1)n1cccn1. The maximum Gasteiger partial charge on any atom is 0.247 e. The fourth-order valence-corrected chi connectivity index (χ4v) is 3.58. The number of amides is 3. The summed E-state index contributed by atoms with van der Waals surface area (Å²) in [5.41, 5.74) is 5.35. The molecule has 1 aliphatic carbocycles. The summed E-state index contributed by atoms with van der Waals surface area (Å²) in [5.74, 6) is -0.625. The molecule has 0 spiro atoms. The molecule has 144 valence electrons. The van der Waals surface area contributed by atoms with E-state index in [1.807, 2.05) is 0 Å². The lowest BCUT2D eigenvalue weighted by Gasteiger charge is -2.31. The normalized spacial score (nSPS) is 17.3. The standard InChI is InChI=1S/C18H29N5O3/c1-13(23-10-6-9-20-23)18(26)22(2)12-17(25)21-15(11-16(19)24)14-7-4-3-5-8-14/h6,9-10,13-15H,3-5,7-8,11-12H2,1-2H3,(H2,19,24)(H,21,25). The first-order valence-corrected chi connectivity index (χ1v) is 9.20. The number of nitrogens with two attached hydrogens (primary N) is 1. The average Bonchev–Trinajstić information content (AvgIpc) is 3.14. The van der Waals surface area contributed by atoms with Crippen molar-refractivity contribution in [1.29, 1.82) is 0 Å². The van der Waals surface area contributed by atoms with Gasteiger partial charge in [0.05, 0.1) is 6.54 Å². The minimum Gasteiger partial charge on any atom is -0.370 e. The van der Waals surface area contributed by atoms with E-state index in [-0.39, 0.29) is 36.7 Å². The molecular weight excluding hydrogens is 334 g/mol. The second kappa shape index (κ2) is 9.35. The maximum absolute atomic E-state index is 12.5. The van der Waals surface area contributed by atoms with Gasteiger partial charge in [0, 0.05) is 31.9 Å². The van der Waals surface area contributed by atoms with E-state index < -0.39 is 11.9 Å². The molecule has 1 heterocycles. The van der Waals surface area contributed by atoms with E-state index in [0.29, 0.717) is 0 Å². The Labute approximate surface area is 154 Å². The van der Waals surface area contributed by atoms with Crippen LogP contribution < -0.4 is 11.1 Å². The number of carbonyl (C=O) groups excluding carboxylic acids is 3. The number of rotatable bonds is 8. The van der Waals surface area contributed by atoms with Crippen LogP contribution in [0.2, 0.25) is 0 Å². The summed E-state index contributed by atoms with van der Waals surface area (Å²) in [6, 6.07) is 1.00. The van der Waals surface area contributed by atoms with E-state index in [2.05, 4.69) is 10.4 Å². The van der Waals surface area contributed by atoms with Crippen LogP contribution in [-0.4, -0.2) is 52.0 Å². The third-order valence-corrected chi connectivity index (χ3v) is 5.02. The third-order valence-electron chi connectivity index (χ3n) is 5.02. The molecule has 3 N–H and O–H groups in total. The van der Waals surface area contributed by atoms with Crippen LogP contribution in [0.3, 0.4) is 0 Å². The molecule has 1 aliphatic rings. The van der Waals surface area contributed by atoms with Crippen molar-refractivity contribution in [1.82, 2.24) is 20.0 Å². The molecule has 1 fully saturated rings. The van der Waals surface area contributed by atoms with Crippen molar-refractivity contribution in [3.8, 4) is 0 Å². The number of hydrogen-bond acceptors (Lipinski definition) is 4. The Balaban J connectivity index is 1.91. The van der Waals surface area contributed by atoms with Gasteiger partial charge in [-0.25, -0.2) is 0 Å². The molecule has 2 atom stereocenters. The molecule has 8 nitrogen and oxygen atoms in total. The van der Waals surface area contributed by atoms with Crippen molar-refractivity contribution in [3.05, 3.63) is 18.5 Å². The fourth-order valence-electron chi connectivity index (χ4n) is 3.58. The van der Waals surface area contributed by atoms with Crippen LogP contribution in [0.15, 0.2) is 18.5 Å². The Kier molecular flexibility index (Phi) is 7.17. The lowest BCUT2D eigenvalue weighted by Crippen LogP contribution is -2.48. The number of carbonyl (C=O) groups is 3. The number of nitrogens with one attached hydrogen (secondary N) is 1. The predicted molar refractivity (Wildman–Crippen MR) is 96.9 cm³/mol. The highest BCUT2D eigenvalue weighted by atomic mass is 16.2. The Morgan fingerprint density at radius 2 is 2.00 bits per heavy atom. The monoisotopic (exact) mass is 363 g/mol. The molecule has 1 saturated carbocycles. The molecule has 0 aliphatic heterocycles. The van der Waals surface area contributed by atoms with Gasteiger partial charge < -0.3 is 16.0 Å². The molecular formula is C18H29N5O3. The van der Waals surface area contributed by atoms with E-state index in [1.165, 1.54) is 11.3 Å². The van der Waals surface area contributed by atoms with E-state index in [1.54, 1.807) is 37.1 Å². The summed E-state index contributed by atoms with van der Waals surface area (Å²) in [5, 5.41) is 6.98. The maximum atomic E-state index is 12.5. The fraction of sp³-hybridized carbons (Fsp3) is 0.667. The zero-order valence-electron chi connectivity index (χ0n) is 15.6. The molecule has 1 aromatic rings. The number of likely N-dealkylation sites (N-methyl/N-ethyl adjacent to an activating group) is 1. The van der Waals surface area contributed by atoms with Gasteiger partial charge in [-0.2, -0.15) is 5.10 Å². The van der Waals surface area contributed by atoms with Gasteiger partial charge in [-0.05, 0) is 31.7 Å². The van der Waals surface area contributed by atoms with Crippen LogP contribution in [-0.2, 0) is 14.4 Å². The molecule has 26 heavy (non-hydrogen) atoms. The summed E-state index contributed by atoms with van der Waals surface area (Å²) in [6.45, 7) is 1.67. The van der Waals surface area contributed by atoms with Crippen molar-refractivity contribution in [3.63, 3.8) is 0 Å². The molecule has 8 heteroatoms. The van der Waals surface area contributed by atoms with Gasteiger partial charge in [-0.15, -0.1) is 0 Å². The van der Waals surface area contributed by atoms with Crippen molar-refractivity contribution in [2.24, 2.45) is 11.7 Å². The number of primary amides is 1. The third kappa shape index (κ3) is 5.57. The molecule has 2 unspecified atom stereocenters. The van der Waals surface area contributed by atoms with Crippen LogP contribution in [0.5, 0.6) is 0 Å². The second-order valence-electron chi connectivity index (χ2n) is 7.10. The van der Waals surface area contributed by atoms with Gasteiger partial charge in [0.1, 0.15) is 6.04 Å². The van der Waals surface area contributed by atoms with Gasteiger partial charge in [-0.1, -0.05) is 19.3 Å². The number of nitrogens with zero attached hydrogens (tertiary/aromatic N) is 3. The molecule has 0 radical (unpaired) electrons.